The molecule has 0 rings (SSSR count). The van der Waals surface area contributed by atoms with Gasteiger partial charge in [0.15, 0.2) is 0 Å². The number of nitrogens with zero attached hydrogens (tertiary/aromatic N) is 2. The highest BCUT2D eigenvalue weighted by Crippen LogP contribution is 2.19. The lowest BCUT2D eigenvalue weighted by atomic mass is 9.98. The second-order valence-corrected chi connectivity index (χ2v) is 8.93. The van der Waals surface area contributed by atoms with E-state index in [1.807, 2.05) is 55.4 Å². The summed E-state index contributed by atoms with van der Waals surface area (Å²) in [4.78, 5) is 40.9. The van der Waals surface area contributed by atoms with E-state index < -0.39 is 24.1 Å². The van der Waals surface area contributed by atoms with Crippen LogP contribution >= 0.6 is 0 Å². The highest BCUT2D eigenvalue weighted by Gasteiger charge is 2.38. The molecule has 0 bridgehead atoms. The Bertz CT molecular complexity index is 517. The minimum Gasteiger partial charge on any atom is -0.464 e. The van der Waals surface area contributed by atoms with E-state index in [4.69, 9.17) is 9.47 Å². The summed E-state index contributed by atoms with van der Waals surface area (Å²) < 4.78 is 10.6. The molecule has 0 saturated carbocycles. The number of likely N-dealkylation sites (N-methyl/N-ethyl adjacent to an activating group) is 2. The molecule has 2 unspecified atom stereocenters. The molecular formula is C21H40N2O5. The van der Waals surface area contributed by atoms with E-state index in [1.165, 1.54) is 9.80 Å². The quantitative estimate of drug-likeness (QED) is 0.525. The van der Waals surface area contributed by atoms with E-state index in [0.29, 0.717) is 6.61 Å². The molecule has 28 heavy (non-hydrogen) atoms. The lowest BCUT2D eigenvalue weighted by Crippen LogP contribution is -2.56. The largest absolute Gasteiger partial charge is 0.464 e. The summed E-state index contributed by atoms with van der Waals surface area (Å²) in [6.07, 6.45) is -0.544. The maximum Gasteiger partial charge on any atom is 0.410 e. The minimum atomic E-state index is -0.733. The van der Waals surface area contributed by atoms with Gasteiger partial charge in [-0.1, -0.05) is 55.4 Å². The molecule has 0 fully saturated rings. The summed E-state index contributed by atoms with van der Waals surface area (Å²) in [6.45, 7) is 15.9. The number of hydrogen-bond acceptors (Lipinski definition) is 5. The zero-order chi connectivity index (χ0) is 22.2. The van der Waals surface area contributed by atoms with E-state index in [9.17, 15) is 14.4 Å². The fourth-order valence-corrected chi connectivity index (χ4v) is 2.91. The molecular weight excluding hydrogens is 360 g/mol. The molecule has 0 aliphatic heterocycles. The van der Waals surface area contributed by atoms with Crippen molar-refractivity contribution in [2.75, 3.05) is 27.3 Å². The van der Waals surface area contributed by atoms with Gasteiger partial charge in [0.1, 0.15) is 12.1 Å². The third kappa shape index (κ3) is 8.07. The van der Waals surface area contributed by atoms with Crippen LogP contribution in [0.25, 0.3) is 0 Å². The molecule has 0 aliphatic carbocycles. The molecule has 7 nitrogen and oxygen atoms in total. The van der Waals surface area contributed by atoms with E-state index >= 15 is 0 Å². The van der Waals surface area contributed by atoms with Gasteiger partial charge < -0.3 is 14.4 Å². The zero-order valence-electron chi connectivity index (χ0n) is 19.3. The van der Waals surface area contributed by atoms with Crippen LogP contribution < -0.4 is 0 Å². The van der Waals surface area contributed by atoms with Gasteiger partial charge in [-0.05, 0) is 23.7 Å². The summed E-state index contributed by atoms with van der Waals surface area (Å²) in [6, 6.07) is -1.45. The molecule has 2 amide bonds. The standard InChI is InChI=1S/C21H40N2O5/c1-13(2)11-27-20(25)18(16(7)8)22(9)19(24)17(15(5)6)23(10)21(26)28-12-14(3)4/h13-18H,11-12H2,1-10H3. The van der Waals surface area contributed by atoms with Crippen LogP contribution in [0.1, 0.15) is 55.4 Å². The van der Waals surface area contributed by atoms with Crippen molar-refractivity contribution in [1.29, 1.82) is 0 Å². The van der Waals surface area contributed by atoms with Gasteiger partial charge in [0.2, 0.25) is 5.91 Å². The second-order valence-electron chi connectivity index (χ2n) is 8.93. The topological polar surface area (TPSA) is 76.2 Å². The smallest absolute Gasteiger partial charge is 0.410 e. The van der Waals surface area contributed by atoms with E-state index in [-0.39, 0.29) is 36.2 Å². The van der Waals surface area contributed by atoms with Crippen molar-refractivity contribution in [2.45, 2.75) is 67.5 Å². The van der Waals surface area contributed by atoms with Crippen molar-refractivity contribution in [2.24, 2.45) is 23.7 Å². The van der Waals surface area contributed by atoms with Crippen LogP contribution in [-0.4, -0.2) is 67.2 Å². The Labute approximate surface area is 170 Å². The molecule has 0 radical (unpaired) electrons. The molecule has 0 N–H and O–H groups in total. The molecule has 0 aromatic heterocycles. The maximum absolute atomic E-state index is 13.2. The summed E-state index contributed by atoms with van der Waals surface area (Å²) in [5.74, 6) is -0.589. The van der Waals surface area contributed by atoms with E-state index in [2.05, 4.69) is 0 Å². The number of amides is 2. The predicted octanol–water partition coefficient (Wildman–Crippen LogP) is 3.42. The third-order valence-corrected chi connectivity index (χ3v) is 4.33. The first kappa shape index (κ1) is 26.2. The number of esters is 1. The van der Waals surface area contributed by atoms with Gasteiger partial charge in [0.05, 0.1) is 13.2 Å². The lowest BCUT2D eigenvalue weighted by molar-refractivity contribution is -0.158. The number of rotatable bonds is 10. The zero-order valence-corrected chi connectivity index (χ0v) is 19.3. The van der Waals surface area contributed by atoms with Crippen LogP contribution in [-0.2, 0) is 19.1 Å². The predicted molar refractivity (Wildman–Crippen MR) is 110 cm³/mol. The van der Waals surface area contributed by atoms with Gasteiger partial charge >= 0.3 is 12.1 Å². The van der Waals surface area contributed by atoms with Crippen molar-refractivity contribution in [3.05, 3.63) is 0 Å². The third-order valence-electron chi connectivity index (χ3n) is 4.33. The van der Waals surface area contributed by atoms with Crippen molar-refractivity contribution < 1.29 is 23.9 Å². The summed E-state index contributed by atoms with van der Waals surface area (Å²) >= 11 is 0. The first-order valence-corrected chi connectivity index (χ1v) is 10.1. The first-order chi connectivity index (χ1) is 12.8. The van der Waals surface area contributed by atoms with Gasteiger partial charge in [-0.15, -0.1) is 0 Å². The second kappa shape index (κ2) is 11.9. The Morgan fingerprint density at radius 1 is 0.679 bits per heavy atom. The minimum absolute atomic E-state index is 0.125. The monoisotopic (exact) mass is 400 g/mol. The van der Waals surface area contributed by atoms with Gasteiger partial charge in [-0.25, -0.2) is 9.59 Å². The van der Waals surface area contributed by atoms with Gasteiger partial charge in [-0.2, -0.15) is 0 Å². The molecule has 7 heteroatoms. The van der Waals surface area contributed by atoms with Gasteiger partial charge in [-0.3, -0.25) is 9.69 Å². The van der Waals surface area contributed by atoms with Crippen molar-refractivity contribution in [3.63, 3.8) is 0 Å². The average molecular weight is 401 g/mol. The molecule has 0 aromatic carbocycles. The van der Waals surface area contributed by atoms with Crippen LogP contribution in [0.5, 0.6) is 0 Å². The Morgan fingerprint density at radius 3 is 1.50 bits per heavy atom. The Hall–Kier alpha value is -1.79. The molecule has 2 atom stereocenters. The first-order valence-electron chi connectivity index (χ1n) is 10.1. The fourth-order valence-electron chi connectivity index (χ4n) is 2.91. The molecule has 0 heterocycles. The van der Waals surface area contributed by atoms with Crippen LogP contribution in [0, 0.1) is 23.7 Å². The summed E-state index contributed by atoms with van der Waals surface area (Å²) in [7, 11) is 3.15. The number of carbonyl (C=O) groups is 3. The Kier molecular flexibility index (Phi) is 11.2. The van der Waals surface area contributed by atoms with Crippen LogP contribution in [0.3, 0.4) is 0 Å². The SMILES string of the molecule is CC(C)COC(=O)C(C(C)C)N(C)C(=O)C(C(C)C)N(C)C(=O)OCC(C)C. The fraction of sp³-hybridized carbons (Fsp3) is 0.857. The number of hydrogen-bond donors (Lipinski definition) is 0. The van der Waals surface area contributed by atoms with Crippen molar-refractivity contribution >= 4 is 18.0 Å². The van der Waals surface area contributed by atoms with Crippen molar-refractivity contribution in [1.82, 2.24) is 9.80 Å². The number of ether oxygens (including phenoxy) is 2. The highest BCUT2D eigenvalue weighted by atomic mass is 16.6. The van der Waals surface area contributed by atoms with Crippen LogP contribution in [0.2, 0.25) is 0 Å². The Balaban J connectivity index is 5.43. The number of carbonyl (C=O) groups excluding carboxylic acids is 3. The van der Waals surface area contributed by atoms with E-state index in [1.54, 1.807) is 14.1 Å². The van der Waals surface area contributed by atoms with Crippen molar-refractivity contribution in [3.8, 4) is 0 Å². The van der Waals surface area contributed by atoms with Gasteiger partial charge in [0, 0.05) is 14.1 Å². The Morgan fingerprint density at radius 2 is 1.11 bits per heavy atom. The van der Waals surface area contributed by atoms with Crippen LogP contribution in [0.4, 0.5) is 4.79 Å². The van der Waals surface area contributed by atoms with E-state index in [0.717, 1.165) is 0 Å². The van der Waals surface area contributed by atoms with Gasteiger partial charge in [0.25, 0.3) is 0 Å². The molecule has 0 saturated heterocycles. The summed E-state index contributed by atoms with van der Waals surface area (Å²) in [5.41, 5.74) is 0. The normalized spacial score (nSPS) is 13.6. The summed E-state index contributed by atoms with van der Waals surface area (Å²) in [5, 5.41) is 0. The average Bonchev–Trinajstić information content (AvgIpc) is 2.56. The lowest BCUT2D eigenvalue weighted by Gasteiger charge is -2.36. The molecule has 0 spiro atoms. The maximum atomic E-state index is 13.2. The molecule has 0 aromatic rings. The molecule has 0 aliphatic rings. The van der Waals surface area contributed by atoms with Crippen LogP contribution in [0.15, 0.2) is 0 Å². The molecule has 164 valence electrons. The highest BCUT2D eigenvalue weighted by molar-refractivity contribution is 5.89.